The Balaban J connectivity index is 1.43. The highest BCUT2D eigenvalue weighted by Crippen LogP contribution is 2.53. The highest BCUT2D eigenvalue weighted by Gasteiger charge is 2.60. The van der Waals surface area contributed by atoms with Crippen molar-refractivity contribution >= 4 is 17.6 Å². The summed E-state index contributed by atoms with van der Waals surface area (Å²) in [7, 11) is 3.50. The first-order valence-corrected chi connectivity index (χ1v) is 16.8. The lowest BCUT2D eigenvalue weighted by Gasteiger charge is -2.42. The monoisotopic (exact) mass is 622 g/mol. The van der Waals surface area contributed by atoms with Crippen LogP contribution in [-0.4, -0.2) is 66.2 Å². The van der Waals surface area contributed by atoms with Crippen molar-refractivity contribution in [2.75, 3.05) is 20.6 Å². The summed E-state index contributed by atoms with van der Waals surface area (Å²) in [6.07, 6.45) is 8.30. The summed E-state index contributed by atoms with van der Waals surface area (Å²) in [5.41, 5.74) is 18.5. The van der Waals surface area contributed by atoms with Gasteiger partial charge >= 0.3 is 0 Å². The Morgan fingerprint density at radius 3 is 2.57 bits per heavy atom. The van der Waals surface area contributed by atoms with Crippen molar-refractivity contribution in [3.8, 4) is 6.07 Å². The smallest absolute Gasteiger partial charge is 0.253 e. The number of nitrogens with one attached hydrogen (secondary N) is 2. The van der Waals surface area contributed by atoms with Crippen LogP contribution in [-0.2, 0) is 23.1 Å². The number of nitrogens with zero attached hydrogens (tertiary/aromatic N) is 5. The summed E-state index contributed by atoms with van der Waals surface area (Å²) < 4.78 is 0. The normalized spacial score (nSPS) is 27.8. The van der Waals surface area contributed by atoms with E-state index in [1.54, 1.807) is 19.0 Å². The molecule has 2 aromatic rings. The van der Waals surface area contributed by atoms with E-state index in [2.05, 4.69) is 40.8 Å². The number of carbonyl (C=O) groups is 2. The number of benzene rings is 2. The lowest BCUT2D eigenvalue weighted by atomic mass is 9.65. The molecule has 2 aromatic carbocycles. The first kappa shape index (κ1) is 31.9. The third-order valence-corrected chi connectivity index (χ3v) is 11.3. The van der Waals surface area contributed by atoms with Crippen molar-refractivity contribution in [3.63, 3.8) is 0 Å². The van der Waals surface area contributed by atoms with Crippen LogP contribution >= 0.6 is 0 Å². The number of amidine groups is 1. The maximum Gasteiger partial charge on any atom is 0.253 e. The molecule has 1 aliphatic heterocycles. The minimum absolute atomic E-state index is 0.0189. The van der Waals surface area contributed by atoms with Gasteiger partial charge in [-0.05, 0) is 90.7 Å². The standard InChI is InChI=1S/C36H46N8O2/c1-22-28-18-27(20-37)44(33(22)28)32(45)21-40-31(24-10-5-4-6-11-24)19-36(35(38)41-42-39)29-12-8-7-9-23(29)13-14-25-17-26(15-16-30(25)36)34(46)43(2)3/h7-9,12,15-17,22,24,27-28,31,33,40H,4-6,10-11,13-14,18-19,21H2,1-3H3,(H3,38,39,41). The zero-order chi connectivity index (χ0) is 32.6. The number of hydrogen-bond donors (Lipinski definition) is 3. The second-order valence-corrected chi connectivity index (χ2v) is 14.0. The fraction of sp³-hybridized carbons (Fsp3) is 0.556. The quantitative estimate of drug-likeness (QED) is 0.159. The Bertz CT molecular complexity index is 1570. The lowest BCUT2D eigenvalue weighted by molar-refractivity contribution is -0.131. The number of likely N-dealkylation sites (tertiary alicyclic amines) is 1. The summed E-state index contributed by atoms with van der Waals surface area (Å²) >= 11 is 0. The molecule has 46 heavy (non-hydrogen) atoms. The molecule has 3 fully saturated rings. The topological polar surface area (TPSA) is 151 Å². The Morgan fingerprint density at radius 1 is 1.13 bits per heavy atom. The van der Waals surface area contributed by atoms with Crippen LogP contribution in [0.1, 0.15) is 84.5 Å². The van der Waals surface area contributed by atoms with E-state index in [0.29, 0.717) is 29.7 Å². The third kappa shape index (κ3) is 5.59. The van der Waals surface area contributed by atoms with Crippen molar-refractivity contribution < 1.29 is 9.59 Å². The molecular formula is C36H46N8O2. The maximum absolute atomic E-state index is 13.8. The molecule has 0 spiro atoms. The number of amides is 2. The van der Waals surface area contributed by atoms with Gasteiger partial charge in [0.25, 0.3) is 5.91 Å². The number of piperidine rings is 1. The number of nitrogens with two attached hydrogens (primary N) is 1. The average Bonchev–Trinajstić information content (AvgIpc) is 3.55. The van der Waals surface area contributed by atoms with Crippen LogP contribution in [0, 0.1) is 34.6 Å². The van der Waals surface area contributed by atoms with Crippen LogP contribution in [0.25, 0.3) is 0 Å². The van der Waals surface area contributed by atoms with E-state index in [-0.39, 0.29) is 42.3 Å². The summed E-state index contributed by atoms with van der Waals surface area (Å²) in [4.78, 5) is 30.2. The number of hydrogen-bond acceptors (Lipinski definition) is 6. The van der Waals surface area contributed by atoms with Crippen LogP contribution < -0.4 is 11.1 Å². The molecule has 242 valence electrons. The van der Waals surface area contributed by atoms with E-state index in [1.807, 2.05) is 35.2 Å². The van der Waals surface area contributed by atoms with Gasteiger partial charge in [-0.15, -0.1) is 5.10 Å². The number of fused-ring (bicyclic) bond motifs is 3. The molecule has 6 atom stereocenters. The summed E-state index contributed by atoms with van der Waals surface area (Å²) in [6, 6.07) is 16.2. The van der Waals surface area contributed by atoms with Crippen LogP contribution in [0.2, 0.25) is 0 Å². The zero-order valence-corrected chi connectivity index (χ0v) is 27.2. The molecule has 3 aliphatic carbocycles. The zero-order valence-electron chi connectivity index (χ0n) is 27.2. The van der Waals surface area contributed by atoms with Gasteiger partial charge in [-0.25, -0.2) is 0 Å². The first-order chi connectivity index (χ1) is 22.2. The molecule has 0 radical (unpaired) electrons. The van der Waals surface area contributed by atoms with Gasteiger partial charge in [-0.2, -0.15) is 10.8 Å². The summed E-state index contributed by atoms with van der Waals surface area (Å²) in [5.74, 6) is 1.33. The third-order valence-electron chi connectivity index (χ3n) is 11.3. The molecule has 1 heterocycles. The van der Waals surface area contributed by atoms with Crippen molar-refractivity contribution in [1.29, 1.82) is 10.8 Å². The second-order valence-electron chi connectivity index (χ2n) is 14.0. The van der Waals surface area contributed by atoms with Crippen LogP contribution in [0.3, 0.4) is 0 Å². The molecule has 2 saturated carbocycles. The number of carbonyl (C=O) groups excluding carboxylic acids is 2. The molecule has 1 saturated heterocycles. The molecule has 2 amide bonds. The molecule has 6 rings (SSSR count). The summed E-state index contributed by atoms with van der Waals surface area (Å²) in [5, 5.41) is 21.2. The van der Waals surface area contributed by atoms with Crippen LogP contribution in [0.15, 0.2) is 52.8 Å². The molecule has 4 aliphatic rings. The highest BCUT2D eigenvalue weighted by atomic mass is 16.2. The number of nitriles is 1. The molecule has 4 N–H and O–H groups in total. The van der Waals surface area contributed by atoms with Gasteiger partial charge in [0, 0.05) is 31.7 Å². The molecule has 0 aromatic heterocycles. The van der Waals surface area contributed by atoms with Gasteiger partial charge in [-0.1, -0.05) is 61.7 Å². The van der Waals surface area contributed by atoms with Gasteiger partial charge in [0.1, 0.15) is 11.9 Å². The maximum atomic E-state index is 13.8. The van der Waals surface area contributed by atoms with Crippen molar-refractivity contribution in [2.45, 2.75) is 88.3 Å². The van der Waals surface area contributed by atoms with E-state index in [0.717, 1.165) is 67.2 Å². The predicted molar refractivity (Wildman–Crippen MR) is 176 cm³/mol. The van der Waals surface area contributed by atoms with Crippen molar-refractivity contribution in [3.05, 3.63) is 70.3 Å². The second kappa shape index (κ2) is 13.0. The molecule has 6 unspecified atom stereocenters. The van der Waals surface area contributed by atoms with Gasteiger partial charge in [-0.3, -0.25) is 9.59 Å². The van der Waals surface area contributed by atoms with E-state index < -0.39 is 5.41 Å². The fourth-order valence-corrected chi connectivity index (χ4v) is 8.87. The van der Waals surface area contributed by atoms with E-state index in [4.69, 9.17) is 11.3 Å². The van der Waals surface area contributed by atoms with E-state index in [9.17, 15) is 14.9 Å². The fourth-order valence-electron chi connectivity index (χ4n) is 8.87. The van der Waals surface area contributed by atoms with Crippen molar-refractivity contribution in [2.24, 2.45) is 33.8 Å². The SMILES string of the molecule is CC1C2CC(C#N)N(C(=O)CNC(CC3(C(N)=NN=N)c4ccccc4CCc4cc(C(=O)N(C)C)ccc43)C3CCCCC3)C12. The largest absolute Gasteiger partial charge is 0.385 e. The van der Waals surface area contributed by atoms with E-state index >= 15 is 0 Å². The van der Waals surface area contributed by atoms with Gasteiger partial charge in [0.15, 0.2) is 0 Å². The van der Waals surface area contributed by atoms with Gasteiger partial charge in [0.05, 0.1) is 18.0 Å². The Kier molecular flexibility index (Phi) is 8.97. The van der Waals surface area contributed by atoms with Gasteiger partial charge < -0.3 is 20.9 Å². The predicted octanol–water partition coefficient (Wildman–Crippen LogP) is 4.76. The van der Waals surface area contributed by atoms with Crippen LogP contribution in [0.4, 0.5) is 0 Å². The highest BCUT2D eigenvalue weighted by molar-refractivity contribution is 5.98. The van der Waals surface area contributed by atoms with Crippen molar-refractivity contribution in [1.82, 2.24) is 15.1 Å². The van der Waals surface area contributed by atoms with Gasteiger partial charge in [0.2, 0.25) is 5.91 Å². The molecule has 10 heteroatoms. The molecular weight excluding hydrogens is 576 g/mol. The number of rotatable bonds is 9. The lowest BCUT2D eigenvalue weighted by Crippen LogP contribution is -2.52. The first-order valence-electron chi connectivity index (χ1n) is 16.8. The molecule has 10 nitrogen and oxygen atoms in total. The number of aryl methyl sites for hydroxylation is 2. The molecule has 0 bridgehead atoms. The van der Waals surface area contributed by atoms with E-state index in [1.165, 1.54) is 6.42 Å². The summed E-state index contributed by atoms with van der Waals surface area (Å²) in [6.45, 7) is 2.32. The average molecular weight is 623 g/mol. The Morgan fingerprint density at radius 2 is 1.85 bits per heavy atom. The minimum Gasteiger partial charge on any atom is -0.385 e. The Labute approximate surface area is 271 Å². The Hall–Kier alpha value is -4.10. The minimum atomic E-state index is -0.941. The van der Waals surface area contributed by atoms with Crippen LogP contribution in [0.5, 0.6) is 0 Å².